The van der Waals surface area contributed by atoms with Gasteiger partial charge in [0.1, 0.15) is 0 Å². The highest BCUT2D eigenvalue weighted by Crippen LogP contribution is 2.46. The van der Waals surface area contributed by atoms with Crippen LogP contribution in [0.15, 0.2) is 115 Å². The summed E-state index contributed by atoms with van der Waals surface area (Å²) in [4.78, 5) is 44.9. The molecule has 8 heteroatoms. The fraction of sp³-hybridized carbons (Fsp3) is 0.256. The number of para-hydroxylation sites is 2. The van der Waals surface area contributed by atoms with Crippen molar-refractivity contribution >= 4 is 34.8 Å². The Morgan fingerprint density at radius 1 is 0.872 bits per heavy atom. The molecule has 0 radical (unpaired) electrons. The minimum atomic E-state index is -1.81. The van der Waals surface area contributed by atoms with Crippen LogP contribution in [0.3, 0.4) is 0 Å². The van der Waals surface area contributed by atoms with Gasteiger partial charge in [0, 0.05) is 43.1 Å². The number of fused-ring (bicyclic) bond motifs is 2. The average Bonchev–Trinajstić information content (AvgIpc) is 3.31. The number of anilines is 3. The van der Waals surface area contributed by atoms with E-state index in [1.165, 1.54) is 0 Å². The molecule has 3 amide bonds. The maximum absolute atomic E-state index is 14.0. The zero-order valence-corrected chi connectivity index (χ0v) is 26.5. The molecule has 6 rings (SSSR count). The van der Waals surface area contributed by atoms with E-state index in [9.17, 15) is 24.6 Å². The van der Waals surface area contributed by atoms with Crippen molar-refractivity contribution in [1.29, 1.82) is 0 Å². The third-order valence-corrected chi connectivity index (χ3v) is 9.12. The predicted molar refractivity (Wildman–Crippen MR) is 182 cm³/mol. The van der Waals surface area contributed by atoms with Crippen molar-refractivity contribution in [2.45, 2.75) is 44.9 Å². The monoisotopic (exact) mass is 629 g/mol. The van der Waals surface area contributed by atoms with Gasteiger partial charge in [-0.25, -0.2) is 0 Å². The lowest BCUT2D eigenvalue weighted by Crippen LogP contribution is -2.44. The maximum atomic E-state index is 14.0. The summed E-state index contributed by atoms with van der Waals surface area (Å²) in [7, 11) is 0. The molecule has 2 heterocycles. The quantitative estimate of drug-likeness (QED) is 0.209. The second-order valence-electron chi connectivity index (χ2n) is 12.1. The minimum Gasteiger partial charge on any atom is -0.395 e. The summed E-state index contributed by atoms with van der Waals surface area (Å²) in [5.41, 5.74) is 3.97. The molecule has 2 aliphatic rings. The summed E-state index contributed by atoms with van der Waals surface area (Å²) in [6, 6.07) is 32.4. The van der Waals surface area contributed by atoms with Gasteiger partial charge in [0.25, 0.3) is 5.91 Å². The fourth-order valence-electron chi connectivity index (χ4n) is 6.56. The molecule has 0 saturated heterocycles. The number of benzene rings is 4. The molecule has 2 atom stereocenters. The largest absolute Gasteiger partial charge is 0.395 e. The molecule has 240 valence electrons. The van der Waals surface area contributed by atoms with Gasteiger partial charge in [-0.15, -0.1) is 0 Å². The Hall–Kier alpha value is -5.05. The predicted octanol–water partition coefficient (Wildman–Crippen LogP) is 5.64. The topological polar surface area (TPSA) is 101 Å². The van der Waals surface area contributed by atoms with Crippen LogP contribution in [0, 0.1) is 5.92 Å². The number of hydrogen-bond donors (Lipinski definition) is 2. The molecular weight excluding hydrogens is 590 g/mol. The van der Waals surface area contributed by atoms with Crippen LogP contribution in [0.1, 0.15) is 42.0 Å². The van der Waals surface area contributed by atoms with E-state index in [-0.39, 0.29) is 37.9 Å². The first-order valence-corrected chi connectivity index (χ1v) is 16.0. The highest BCUT2D eigenvalue weighted by molar-refractivity contribution is 6.07. The molecule has 47 heavy (non-hydrogen) atoms. The highest BCUT2D eigenvalue weighted by atomic mass is 16.3. The third kappa shape index (κ3) is 6.35. The van der Waals surface area contributed by atoms with Crippen molar-refractivity contribution in [2.24, 2.45) is 5.92 Å². The molecule has 2 aliphatic heterocycles. The Bertz CT molecular complexity index is 1790. The Labute approximate surface area is 275 Å². The molecule has 2 N–H and O–H groups in total. The number of rotatable bonds is 11. The lowest BCUT2D eigenvalue weighted by Gasteiger charge is -2.30. The summed E-state index contributed by atoms with van der Waals surface area (Å²) >= 11 is 0. The number of aryl methyl sites for hydroxylation is 1. The van der Waals surface area contributed by atoms with Gasteiger partial charge in [0.2, 0.25) is 11.8 Å². The van der Waals surface area contributed by atoms with Crippen LogP contribution in [0.5, 0.6) is 0 Å². The van der Waals surface area contributed by atoms with Crippen LogP contribution in [0.25, 0.3) is 0 Å². The SMILES string of the molecule is C[C@@H](/C=C/CC(=O)N(CCO)Cc1ccccc1)[C@]1(O)C(=O)N(Cc2ccc(N3C(=O)CCc4ccccc43)cc2)c2ccccc21. The maximum Gasteiger partial charge on any atom is 0.264 e. The van der Waals surface area contributed by atoms with Crippen LogP contribution >= 0.6 is 0 Å². The Balaban J connectivity index is 1.17. The Morgan fingerprint density at radius 3 is 2.30 bits per heavy atom. The van der Waals surface area contributed by atoms with Crippen LogP contribution in [0.4, 0.5) is 17.1 Å². The van der Waals surface area contributed by atoms with Gasteiger partial charge in [-0.3, -0.25) is 19.3 Å². The van der Waals surface area contributed by atoms with E-state index >= 15 is 0 Å². The standard InChI is InChI=1S/C39H39N3O5/c1-28(10-9-17-36(44)40(24-25-43)26-29-11-3-2-4-12-29)39(47)33-14-6-8-16-35(33)41(38(39)46)27-30-18-21-32(22-19-30)42-34-15-7-5-13-31(34)20-23-37(42)45/h2-16,18-19,21-22,28,43,47H,17,20,23-27H2,1H3/b10-9+/t28-,39+/m0/s1. The van der Waals surface area contributed by atoms with Crippen molar-refractivity contribution in [2.75, 3.05) is 23.0 Å². The highest BCUT2D eigenvalue weighted by Gasteiger charge is 2.52. The van der Waals surface area contributed by atoms with Gasteiger partial charge < -0.3 is 20.0 Å². The van der Waals surface area contributed by atoms with E-state index in [0.717, 1.165) is 34.5 Å². The van der Waals surface area contributed by atoms with E-state index in [4.69, 9.17) is 0 Å². The number of carbonyl (C=O) groups excluding carboxylic acids is 3. The number of hydrogen-bond acceptors (Lipinski definition) is 5. The molecule has 0 aromatic heterocycles. The molecule has 0 saturated carbocycles. The van der Waals surface area contributed by atoms with Crippen molar-refractivity contribution in [3.8, 4) is 0 Å². The van der Waals surface area contributed by atoms with Crippen LogP contribution in [-0.2, 0) is 39.5 Å². The lowest BCUT2D eigenvalue weighted by atomic mass is 9.83. The molecule has 4 aromatic rings. The molecule has 8 nitrogen and oxygen atoms in total. The first-order chi connectivity index (χ1) is 22.8. The van der Waals surface area contributed by atoms with E-state index in [1.807, 2.05) is 91.0 Å². The van der Waals surface area contributed by atoms with Crippen molar-refractivity contribution in [3.05, 3.63) is 138 Å². The van der Waals surface area contributed by atoms with Gasteiger partial charge in [-0.1, -0.05) is 97.9 Å². The van der Waals surface area contributed by atoms with Crippen LogP contribution in [0.2, 0.25) is 0 Å². The van der Waals surface area contributed by atoms with Gasteiger partial charge in [0.15, 0.2) is 5.60 Å². The number of aliphatic hydroxyl groups excluding tert-OH is 1. The summed E-state index contributed by atoms with van der Waals surface area (Å²) in [6.07, 6.45) is 4.66. The normalized spacial score (nSPS) is 17.9. The molecule has 0 bridgehead atoms. The first kappa shape index (κ1) is 31.9. The average molecular weight is 630 g/mol. The number of nitrogens with zero attached hydrogens (tertiary/aromatic N) is 3. The van der Waals surface area contributed by atoms with Crippen molar-refractivity contribution < 1.29 is 24.6 Å². The second kappa shape index (κ2) is 13.7. The van der Waals surface area contributed by atoms with Crippen LogP contribution in [-0.4, -0.2) is 46.0 Å². The van der Waals surface area contributed by atoms with E-state index in [2.05, 4.69) is 0 Å². The fourth-order valence-corrected chi connectivity index (χ4v) is 6.56. The van der Waals surface area contributed by atoms with Crippen LogP contribution < -0.4 is 9.80 Å². The van der Waals surface area contributed by atoms with Crippen molar-refractivity contribution in [3.63, 3.8) is 0 Å². The van der Waals surface area contributed by atoms with Gasteiger partial charge in [-0.2, -0.15) is 0 Å². The zero-order valence-electron chi connectivity index (χ0n) is 26.5. The van der Waals surface area contributed by atoms with Gasteiger partial charge in [0.05, 0.1) is 24.5 Å². The van der Waals surface area contributed by atoms with E-state index in [1.54, 1.807) is 45.9 Å². The van der Waals surface area contributed by atoms with E-state index < -0.39 is 17.4 Å². The molecule has 0 fully saturated rings. The number of aliphatic hydroxyl groups is 2. The molecule has 0 spiro atoms. The minimum absolute atomic E-state index is 0.0474. The zero-order chi connectivity index (χ0) is 33.0. The first-order valence-electron chi connectivity index (χ1n) is 16.0. The molecular formula is C39H39N3O5. The number of carbonyl (C=O) groups is 3. The second-order valence-corrected chi connectivity index (χ2v) is 12.1. The Kier molecular flexibility index (Phi) is 9.33. The van der Waals surface area contributed by atoms with Crippen molar-refractivity contribution in [1.82, 2.24) is 4.90 Å². The Morgan fingerprint density at radius 2 is 1.55 bits per heavy atom. The summed E-state index contributed by atoms with van der Waals surface area (Å²) in [6.45, 7) is 2.47. The summed E-state index contributed by atoms with van der Waals surface area (Å²) in [5.74, 6) is -1.16. The van der Waals surface area contributed by atoms with Gasteiger partial charge in [-0.05, 0) is 47.4 Å². The summed E-state index contributed by atoms with van der Waals surface area (Å²) < 4.78 is 0. The summed E-state index contributed by atoms with van der Waals surface area (Å²) in [5, 5.41) is 21.5. The van der Waals surface area contributed by atoms with Gasteiger partial charge >= 0.3 is 0 Å². The lowest BCUT2D eigenvalue weighted by molar-refractivity contribution is -0.139. The van der Waals surface area contributed by atoms with E-state index in [0.29, 0.717) is 24.2 Å². The molecule has 0 unspecified atom stereocenters. The molecule has 4 aromatic carbocycles. The molecule has 0 aliphatic carbocycles. The smallest absolute Gasteiger partial charge is 0.264 e. The third-order valence-electron chi connectivity index (χ3n) is 9.12. The number of amides is 3.